The molecule has 2 N–H and O–H groups in total. The lowest BCUT2D eigenvalue weighted by Gasteiger charge is -2.10. The van der Waals surface area contributed by atoms with Gasteiger partial charge in [-0.3, -0.25) is 14.3 Å². The van der Waals surface area contributed by atoms with Crippen LogP contribution in [0.4, 0.5) is 5.95 Å². The number of fused-ring (bicyclic) bond motifs is 1. The van der Waals surface area contributed by atoms with Crippen molar-refractivity contribution in [3.8, 4) is 0 Å². The lowest BCUT2D eigenvalue weighted by Crippen LogP contribution is -2.29. The third-order valence-electron chi connectivity index (χ3n) is 3.73. The Morgan fingerprint density at radius 3 is 2.67 bits per heavy atom. The highest BCUT2D eigenvalue weighted by atomic mass is 16.2. The fourth-order valence-electron chi connectivity index (χ4n) is 2.57. The molecular weight excluding hydrogens is 306 g/mol. The molecule has 3 rings (SSSR count). The molecule has 1 aromatic carbocycles. The number of hydrogen-bond acceptors (Lipinski definition) is 4. The van der Waals surface area contributed by atoms with Gasteiger partial charge in [0.05, 0.1) is 0 Å². The maximum atomic E-state index is 12.3. The van der Waals surface area contributed by atoms with Crippen molar-refractivity contribution in [1.82, 2.24) is 19.1 Å². The first-order chi connectivity index (χ1) is 11.5. The summed E-state index contributed by atoms with van der Waals surface area (Å²) in [6.07, 6.45) is 0. The second-order valence-corrected chi connectivity index (χ2v) is 5.81. The van der Waals surface area contributed by atoms with Crippen LogP contribution in [0.15, 0.2) is 52.1 Å². The third kappa shape index (κ3) is 2.88. The van der Waals surface area contributed by atoms with Gasteiger partial charge < -0.3 is 9.88 Å². The molecule has 0 aliphatic carbocycles. The van der Waals surface area contributed by atoms with Gasteiger partial charge in [0, 0.05) is 20.1 Å². The molecule has 0 fully saturated rings. The minimum absolute atomic E-state index is 0.348. The number of aromatic nitrogens is 4. The van der Waals surface area contributed by atoms with Gasteiger partial charge >= 0.3 is 5.69 Å². The maximum Gasteiger partial charge on any atom is 0.329 e. The number of anilines is 1. The highest BCUT2D eigenvalue weighted by Gasteiger charge is 2.17. The zero-order chi connectivity index (χ0) is 17.3. The summed E-state index contributed by atoms with van der Waals surface area (Å²) in [5.41, 5.74) is 1.74. The van der Waals surface area contributed by atoms with Gasteiger partial charge in [0.2, 0.25) is 5.95 Å². The second-order valence-electron chi connectivity index (χ2n) is 5.81. The number of aromatic amines is 1. The normalized spacial score (nSPS) is 10.9. The Kier molecular flexibility index (Phi) is 4.07. The van der Waals surface area contributed by atoms with E-state index in [1.165, 1.54) is 4.57 Å². The predicted octanol–water partition coefficient (Wildman–Crippen LogP) is 1.61. The van der Waals surface area contributed by atoms with Crippen LogP contribution in [-0.4, -0.2) is 19.1 Å². The number of imidazole rings is 1. The first-order valence-electron chi connectivity index (χ1n) is 7.59. The van der Waals surface area contributed by atoms with Gasteiger partial charge in [-0.2, -0.15) is 4.98 Å². The number of hydrogen-bond donors (Lipinski definition) is 2. The molecule has 2 aromatic heterocycles. The minimum Gasteiger partial charge on any atom is -0.351 e. The summed E-state index contributed by atoms with van der Waals surface area (Å²) in [5.74, 6) is 0.531. The van der Waals surface area contributed by atoms with Crippen LogP contribution in [0.2, 0.25) is 0 Å². The molecule has 0 radical (unpaired) electrons. The smallest absolute Gasteiger partial charge is 0.329 e. The van der Waals surface area contributed by atoms with Crippen LogP contribution < -0.4 is 16.6 Å². The summed E-state index contributed by atoms with van der Waals surface area (Å²) in [4.78, 5) is 30.8. The fraction of sp³-hybridized carbons (Fsp3) is 0.235. The standard InChI is InChI=1S/C17H19N5O2/c1-11(2)10-22-13-14(21(3)17(24)20-15(13)23)19-16(22)18-9-12-7-5-4-6-8-12/h4-8H,1,9-10H2,2-3H3,(H,18,19)(H,20,23,24). The monoisotopic (exact) mass is 325 g/mol. The predicted molar refractivity (Wildman–Crippen MR) is 94.2 cm³/mol. The van der Waals surface area contributed by atoms with Gasteiger partial charge in [-0.1, -0.05) is 42.5 Å². The van der Waals surface area contributed by atoms with E-state index in [1.807, 2.05) is 37.3 Å². The van der Waals surface area contributed by atoms with Gasteiger partial charge in [0.25, 0.3) is 5.56 Å². The minimum atomic E-state index is -0.484. The van der Waals surface area contributed by atoms with Crippen LogP contribution in [0.3, 0.4) is 0 Å². The second kappa shape index (κ2) is 6.19. The molecule has 24 heavy (non-hydrogen) atoms. The topological polar surface area (TPSA) is 84.7 Å². The number of aryl methyl sites for hydroxylation is 1. The molecule has 0 aliphatic rings. The Balaban J connectivity index is 2.10. The van der Waals surface area contributed by atoms with Gasteiger partial charge in [-0.15, -0.1) is 0 Å². The van der Waals surface area contributed by atoms with Crippen molar-refractivity contribution in [2.45, 2.75) is 20.0 Å². The molecule has 0 bridgehead atoms. The number of nitrogens with one attached hydrogen (secondary N) is 2. The highest BCUT2D eigenvalue weighted by molar-refractivity contribution is 5.74. The van der Waals surface area contributed by atoms with Crippen LogP contribution >= 0.6 is 0 Å². The summed E-state index contributed by atoms with van der Waals surface area (Å²) in [7, 11) is 1.58. The Morgan fingerprint density at radius 2 is 2.00 bits per heavy atom. The Morgan fingerprint density at radius 1 is 1.29 bits per heavy atom. The SMILES string of the molecule is C=C(C)Cn1c(NCc2ccccc2)nc2c1c(=O)[nH]c(=O)n2C. The largest absolute Gasteiger partial charge is 0.351 e. The van der Waals surface area contributed by atoms with Crippen molar-refractivity contribution in [2.24, 2.45) is 7.05 Å². The summed E-state index contributed by atoms with van der Waals surface area (Å²) in [5, 5.41) is 3.24. The average Bonchev–Trinajstić information content (AvgIpc) is 2.90. The molecule has 0 unspecified atom stereocenters. The Bertz CT molecular complexity index is 1010. The third-order valence-corrected chi connectivity index (χ3v) is 3.73. The Hall–Kier alpha value is -3.09. The molecule has 124 valence electrons. The molecule has 0 spiro atoms. The van der Waals surface area contributed by atoms with Gasteiger partial charge in [-0.05, 0) is 12.5 Å². The number of H-pyrrole nitrogens is 1. The van der Waals surface area contributed by atoms with E-state index in [0.29, 0.717) is 30.2 Å². The van der Waals surface area contributed by atoms with Crippen LogP contribution in [0.1, 0.15) is 12.5 Å². The molecule has 7 heteroatoms. The average molecular weight is 325 g/mol. The van der Waals surface area contributed by atoms with Crippen LogP contribution in [0.5, 0.6) is 0 Å². The lowest BCUT2D eigenvalue weighted by molar-refractivity contribution is 0.797. The molecule has 0 amide bonds. The van der Waals surface area contributed by atoms with Gasteiger partial charge in [0.1, 0.15) is 0 Å². The van der Waals surface area contributed by atoms with E-state index in [1.54, 1.807) is 11.6 Å². The van der Waals surface area contributed by atoms with Crippen molar-refractivity contribution < 1.29 is 0 Å². The zero-order valence-corrected chi connectivity index (χ0v) is 13.7. The lowest BCUT2D eigenvalue weighted by atomic mass is 10.2. The summed E-state index contributed by atoms with van der Waals surface area (Å²) < 4.78 is 3.08. The van der Waals surface area contributed by atoms with Gasteiger partial charge in [0.15, 0.2) is 11.2 Å². The summed E-state index contributed by atoms with van der Waals surface area (Å²) in [6.45, 7) is 6.79. The maximum absolute atomic E-state index is 12.3. The summed E-state index contributed by atoms with van der Waals surface area (Å²) in [6, 6.07) is 9.88. The highest BCUT2D eigenvalue weighted by Crippen LogP contribution is 2.17. The van der Waals surface area contributed by atoms with Crippen molar-refractivity contribution in [3.05, 3.63) is 68.9 Å². The van der Waals surface area contributed by atoms with Crippen molar-refractivity contribution in [3.63, 3.8) is 0 Å². The molecule has 2 heterocycles. The fourth-order valence-corrected chi connectivity index (χ4v) is 2.57. The van der Waals surface area contributed by atoms with Crippen molar-refractivity contribution in [2.75, 3.05) is 5.32 Å². The van der Waals surface area contributed by atoms with Crippen molar-refractivity contribution in [1.29, 1.82) is 0 Å². The molecular formula is C17H19N5O2. The molecule has 0 aliphatic heterocycles. The molecule has 0 saturated carbocycles. The van der Waals surface area contributed by atoms with E-state index in [0.717, 1.165) is 11.1 Å². The number of rotatable bonds is 5. The van der Waals surface area contributed by atoms with Crippen LogP contribution in [0, 0.1) is 0 Å². The molecule has 7 nitrogen and oxygen atoms in total. The molecule has 0 saturated heterocycles. The van der Waals surface area contributed by atoms with E-state index < -0.39 is 11.2 Å². The van der Waals surface area contributed by atoms with E-state index in [9.17, 15) is 9.59 Å². The number of benzene rings is 1. The first-order valence-corrected chi connectivity index (χ1v) is 7.59. The van der Waals surface area contributed by atoms with Crippen LogP contribution in [-0.2, 0) is 20.1 Å². The van der Waals surface area contributed by atoms with Crippen LogP contribution in [0.25, 0.3) is 11.2 Å². The van der Waals surface area contributed by atoms with Crippen molar-refractivity contribution >= 4 is 17.1 Å². The van der Waals surface area contributed by atoms with E-state index in [4.69, 9.17) is 0 Å². The van der Waals surface area contributed by atoms with Gasteiger partial charge in [-0.25, -0.2) is 4.79 Å². The van der Waals surface area contributed by atoms with E-state index >= 15 is 0 Å². The number of nitrogens with zero attached hydrogens (tertiary/aromatic N) is 3. The quantitative estimate of drug-likeness (QED) is 0.698. The first kappa shape index (κ1) is 15.8. The molecule has 0 atom stereocenters. The Labute approximate surface area is 138 Å². The van der Waals surface area contributed by atoms with E-state index in [-0.39, 0.29) is 0 Å². The molecule has 3 aromatic rings. The number of allylic oxidation sites excluding steroid dienone is 1. The zero-order valence-electron chi connectivity index (χ0n) is 13.7. The summed E-state index contributed by atoms with van der Waals surface area (Å²) >= 11 is 0. The van der Waals surface area contributed by atoms with E-state index in [2.05, 4.69) is 21.9 Å².